The van der Waals surface area contributed by atoms with Crippen LogP contribution in [0, 0.1) is 0 Å². The fourth-order valence-corrected chi connectivity index (χ4v) is 4.29. The lowest BCUT2D eigenvalue weighted by Gasteiger charge is -2.18. The Morgan fingerprint density at radius 2 is 1.97 bits per heavy atom. The zero-order valence-corrected chi connectivity index (χ0v) is 16.6. The summed E-state index contributed by atoms with van der Waals surface area (Å²) in [5.41, 5.74) is 1.36. The van der Waals surface area contributed by atoms with Gasteiger partial charge in [-0.3, -0.25) is 4.79 Å². The Kier molecular flexibility index (Phi) is 5.07. The van der Waals surface area contributed by atoms with Gasteiger partial charge in [0.15, 0.2) is 0 Å². The first-order valence-electron chi connectivity index (χ1n) is 9.53. The van der Waals surface area contributed by atoms with Crippen molar-refractivity contribution in [2.24, 2.45) is 0 Å². The van der Waals surface area contributed by atoms with Crippen LogP contribution in [0.2, 0.25) is 5.02 Å². The number of hydrogen-bond donors (Lipinski definition) is 0. The number of alkyl halides is 3. The second-order valence-corrected chi connectivity index (χ2v) is 7.72. The van der Waals surface area contributed by atoms with Gasteiger partial charge in [0.25, 0.3) is 5.91 Å². The van der Waals surface area contributed by atoms with E-state index in [9.17, 15) is 18.0 Å². The molecule has 0 saturated carbocycles. The van der Waals surface area contributed by atoms with E-state index in [0.717, 1.165) is 42.1 Å². The number of aromatic nitrogens is 1. The number of carbonyl (C=O) groups excluding carboxylic acids is 1. The smallest absolute Gasteiger partial charge is 0.347 e. The number of benzene rings is 2. The second-order valence-electron chi connectivity index (χ2n) is 7.32. The summed E-state index contributed by atoms with van der Waals surface area (Å²) >= 11 is 6.06. The van der Waals surface area contributed by atoms with Gasteiger partial charge in [-0.15, -0.1) is 0 Å². The van der Waals surface area contributed by atoms with Gasteiger partial charge in [0, 0.05) is 42.7 Å². The van der Waals surface area contributed by atoms with Crippen molar-refractivity contribution in [3.05, 3.63) is 70.4 Å². The minimum Gasteiger partial charge on any atom is -0.347 e. The first kappa shape index (κ1) is 19.8. The van der Waals surface area contributed by atoms with Crippen LogP contribution in [0.1, 0.15) is 40.7 Å². The van der Waals surface area contributed by atoms with Crippen molar-refractivity contribution < 1.29 is 18.0 Å². The molecule has 1 unspecified atom stereocenters. The average molecular weight is 421 g/mol. The third-order valence-corrected chi connectivity index (χ3v) is 5.93. The van der Waals surface area contributed by atoms with E-state index in [4.69, 9.17) is 11.6 Å². The number of fused-ring (bicyclic) bond motifs is 1. The van der Waals surface area contributed by atoms with E-state index in [2.05, 4.69) is 29.8 Å². The van der Waals surface area contributed by atoms with E-state index in [1.165, 1.54) is 5.56 Å². The first-order valence-corrected chi connectivity index (χ1v) is 9.91. The highest BCUT2D eigenvalue weighted by molar-refractivity contribution is 6.33. The molecule has 1 atom stereocenters. The largest absolute Gasteiger partial charge is 0.416 e. The van der Waals surface area contributed by atoms with Crippen LogP contribution in [0.3, 0.4) is 0 Å². The summed E-state index contributed by atoms with van der Waals surface area (Å²) in [7, 11) is 0. The summed E-state index contributed by atoms with van der Waals surface area (Å²) in [5.74, 6) is -0.316. The van der Waals surface area contributed by atoms with Gasteiger partial charge in [0.05, 0.1) is 16.1 Å². The minimum atomic E-state index is -4.52. The van der Waals surface area contributed by atoms with Gasteiger partial charge in [-0.25, -0.2) is 0 Å². The van der Waals surface area contributed by atoms with Crippen LogP contribution in [-0.4, -0.2) is 28.5 Å². The lowest BCUT2D eigenvalue weighted by Crippen LogP contribution is -2.29. The maximum Gasteiger partial charge on any atom is 0.416 e. The lowest BCUT2D eigenvalue weighted by atomic mass is 9.98. The monoisotopic (exact) mass is 420 g/mol. The molecule has 0 radical (unpaired) electrons. The molecule has 1 saturated heterocycles. The molecule has 1 aliphatic heterocycles. The minimum absolute atomic E-state index is 0.0361. The van der Waals surface area contributed by atoms with Crippen LogP contribution < -0.4 is 0 Å². The Morgan fingerprint density at radius 1 is 1.21 bits per heavy atom. The second kappa shape index (κ2) is 7.41. The van der Waals surface area contributed by atoms with Crippen molar-refractivity contribution in [2.45, 2.75) is 32.0 Å². The predicted octanol–water partition coefficient (Wildman–Crippen LogP) is 5.96. The molecule has 1 aromatic heterocycles. The van der Waals surface area contributed by atoms with Gasteiger partial charge in [-0.2, -0.15) is 13.2 Å². The molecule has 1 amide bonds. The first-order chi connectivity index (χ1) is 13.8. The molecule has 1 fully saturated rings. The molecule has 0 aliphatic carbocycles. The Labute approximate surface area is 171 Å². The third kappa shape index (κ3) is 3.62. The number of halogens is 4. The number of nitrogens with zero attached hydrogens (tertiary/aromatic N) is 2. The normalized spacial score (nSPS) is 17.3. The average Bonchev–Trinajstić information content (AvgIpc) is 3.31. The molecular formula is C22H20ClF3N2O. The van der Waals surface area contributed by atoms with E-state index in [-0.39, 0.29) is 16.5 Å². The summed E-state index contributed by atoms with van der Waals surface area (Å²) in [6.07, 6.45) is -1.63. The number of carbonyl (C=O) groups is 1. The Morgan fingerprint density at radius 3 is 2.69 bits per heavy atom. The highest BCUT2D eigenvalue weighted by Gasteiger charge is 2.34. The van der Waals surface area contributed by atoms with Crippen molar-refractivity contribution in [3.8, 4) is 0 Å². The van der Waals surface area contributed by atoms with Crippen molar-refractivity contribution in [2.75, 3.05) is 13.1 Å². The van der Waals surface area contributed by atoms with Crippen LogP contribution >= 0.6 is 11.6 Å². The predicted molar refractivity (Wildman–Crippen MR) is 107 cm³/mol. The Balaban J connectivity index is 1.61. The zero-order chi connectivity index (χ0) is 20.8. The number of aryl methyl sites for hydroxylation is 1. The summed E-state index contributed by atoms with van der Waals surface area (Å²) in [6.45, 7) is 3.87. The van der Waals surface area contributed by atoms with Crippen LogP contribution in [-0.2, 0) is 12.7 Å². The molecule has 3 aromatic rings. The van der Waals surface area contributed by atoms with Gasteiger partial charge in [0.2, 0.25) is 0 Å². The lowest BCUT2D eigenvalue weighted by molar-refractivity contribution is -0.137. The molecule has 2 heterocycles. The highest BCUT2D eigenvalue weighted by Crippen LogP contribution is 2.36. The maximum absolute atomic E-state index is 13.0. The molecule has 2 aromatic carbocycles. The topological polar surface area (TPSA) is 25.2 Å². The number of para-hydroxylation sites is 1. The molecule has 0 N–H and O–H groups in total. The SMILES string of the molecule is CCn1cc(C2CCN(C(=O)c3cc(C(F)(F)F)ccc3Cl)C2)c2ccccc21. The summed E-state index contributed by atoms with van der Waals surface area (Å²) in [4.78, 5) is 14.5. The molecule has 0 bridgehead atoms. The molecule has 4 rings (SSSR count). The van der Waals surface area contributed by atoms with Crippen LogP contribution in [0.5, 0.6) is 0 Å². The Hall–Kier alpha value is -2.47. The fraction of sp³-hybridized carbons (Fsp3) is 0.318. The highest BCUT2D eigenvalue weighted by atomic mass is 35.5. The molecule has 3 nitrogen and oxygen atoms in total. The van der Waals surface area contributed by atoms with E-state index >= 15 is 0 Å². The molecule has 29 heavy (non-hydrogen) atoms. The van der Waals surface area contributed by atoms with Gasteiger partial charge >= 0.3 is 6.18 Å². The number of amides is 1. The van der Waals surface area contributed by atoms with Crippen LogP contribution in [0.25, 0.3) is 10.9 Å². The van der Waals surface area contributed by atoms with Gasteiger partial charge < -0.3 is 9.47 Å². The fourth-order valence-electron chi connectivity index (χ4n) is 4.10. The van der Waals surface area contributed by atoms with E-state index in [0.29, 0.717) is 13.1 Å². The molecule has 0 spiro atoms. The number of hydrogen-bond acceptors (Lipinski definition) is 1. The zero-order valence-electron chi connectivity index (χ0n) is 15.8. The Bertz CT molecular complexity index is 1070. The van der Waals surface area contributed by atoms with Crippen molar-refractivity contribution in [1.29, 1.82) is 0 Å². The third-order valence-electron chi connectivity index (χ3n) is 5.60. The van der Waals surface area contributed by atoms with Gasteiger partial charge in [-0.05, 0) is 43.2 Å². The van der Waals surface area contributed by atoms with E-state index in [1.807, 2.05) is 12.1 Å². The van der Waals surface area contributed by atoms with E-state index < -0.39 is 17.6 Å². The molecule has 1 aliphatic rings. The molecule has 152 valence electrons. The summed E-state index contributed by atoms with van der Waals surface area (Å²) < 4.78 is 41.3. The van der Waals surface area contributed by atoms with Gasteiger partial charge in [-0.1, -0.05) is 29.8 Å². The number of likely N-dealkylation sites (tertiary alicyclic amines) is 1. The van der Waals surface area contributed by atoms with Crippen molar-refractivity contribution in [1.82, 2.24) is 9.47 Å². The summed E-state index contributed by atoms with van der Waals surface area (Å²) in [6, 6.07) is 11.0. The summed E-state index contributed by atoms with van der Waals surface area (Å²) in [5, 5.41) is 1.19. The van der Waals surface area contributed by atoms with Crippen LogP contribution in [0.15, 0.2) is 48.7 Å². The maximum atomic E-state index is 13.0. The quantitative estimate of drug-likeness (QED) is 0.513. The number of rotatable bonds is 3. The van der Waals surface area contributed by atoms with E-state index in [1.54, 1.807) is 4.90 Å². The standard InChI is InChI=1S/C22H20ClF3N2O/c1-2-27-13-18(16-5-3-4-6-20(16)27)14-9-10-28(12-14)21(29)17-11-15(22(24,25)26)7-8-19(17)23/h3-8,11,13-14H,2,9-10,12H2,1H3. The molecule has 7 heteroatoms. The van der Waals surface area contributed by atoms with Crippen LogP contribution in [0.4, 0.5) is 13.2 Å². The van der Waals surface area contributed by atoms with Gasteiger partial charge in [0.1, 0.15) is 0 Å². The van der Waals surface area contributed by atoms with Crippen molar-refractivity contribution in [3.63, 3.8) is 0 Å². The van der Waals surface area contributed by atoms with Crippen molar-refractivity contribution >= 4 is 28.4 Å². The molecular weight excluding hydrogens is 401 g/mol.